The maximum absolute atomic E-state index is 12.2. The molecule has 1 aromatic heterocycles. The first kappa shape index (κ1) is 24.8. The summed E-state index contributed by atoms with van der Waals surface area (Å²) in [6, 6.07) is 6.81. The van der Waals surface area contributed by atoms with Crippen LogP contribution in [0.4, 0.5) is 5.69 Å². The van der Waals surface area contributed by atoms with Crippen LogP contribution in [0.15, 0.2) is 54.5 Å². The molecule has 1 atom stereocenters. The van der Waals surface area contributed by atoms with E-state index in [1.165, 1.54) is 5.56 Å². The number of aryl methyl sites for hydroxylation is 2. The van der Waals surface area contributed by atoms with Crippen molar-refractivity contribution < 1.29 is 4.79 Å². The molecule has 0 bridgehead atoms. The largest absolute Gasteiger partial charge is 0.385 e. The van der Waals surface area contributed by atoms with Gasteiger partial charge in [0.05, 0.1) is 12.7 Å². The van der Waals surface area contributed by atoms with Gasteiger partial charge in [0, 0.05) is 68.2 Å². The molecule has 7 heteroatoms. The van der Waals surface area contributed by atoms with E-state index in [9.17, 15) is 10.2 Å². The lowest BCUT2D eigenvalue weighted by atomic mass is 9.95. The van der Waals surface area contributed by atoms with E-state index in [1.807, 2.05) is 35.1 Å². The quantitative estimate of drug-likeness (QED) is 0.331. The molecule has 1 amide bonds. The maximum atomic E-state index is 12.2. The minimum atomic E-state index is 0.0608. The molecule has 2 aliphatic heterocycles. The fourth-order valence-corrected chi connectivity index (χ4v) is 5.20. The van der Waals surface area contributed by atoms with Crippen LogP contribution in [0.25, 0.3) is 11.1 Å². The van der Waals surface area contributed by atoms with E-state index in [2.05, 4.69) is 47.0 Å². The fraction of sp³-hybridized carbons (Fsp3) is 0.464. The third kappa shape index (κ3) is 5.50. The molecule has 0 spiro atoms. The first-order valence-electron chi connectivity index (χ1n) is 12.7. The van der Waals surface area contributed by atoms with Crippen molar-refractivity contribution in [1.82, 2.24) is 20.0 Å². The number of nitrogens with zero attached hydrogens (tertiary/aromatic N) is 4. The number of amides is 1. The number of hydrogen-bond donors (Lipinski definition) is 2. The molecule has 4 rings (SSSR count). The molecule has 2 aromatic rings. The van der Waals surface area contributed by atoms with Crippen LogP contribution in [0, 0.1) is 5.41 Å². The van der Waals surface area contributed by atoms with Crippen molar-refractivity contribution in [2.45, 2.75) is 58.4 Å². The summed E-state index contributed by atoms with van der Waals surface area (Å²) in [7, 11) is 1.93. The van der Waals surface area contributed by atoms with E-state index in [-0.39, 0.29) is 5.91 Å². The molecular weight excluding hydrogens is 436 g/mol. The summed E-state index contributed by atoms with van der Waals surface area (Å²) in [6.45, 7) is 9.71. The molecule has 0 fully saturated rings. The van der Waals surface area contributed by atoms with Gasteiger partial charge in [-0.2, -0.15) is 5.10 Å². The molecule has 2 N–H and O–H groups in total. The highest BCUT2D eigenvalue weighted by Crippen LogP contribution is 2.33. The zero-order valence-electron chi connectivity index (χ0n) is 21.3. The van der Waals surface area contributed by atoms with Gasteiger partial charge in [-0.1, -0.05) is 25.5 Å². The van der Waals surface area contributed by atoms with Gasteiger partial charge < -0.3 is 15.1 Å². The first-order valence-corrected chi connectivity index (χ1v) is 12.7. The van der Waals surface area contributed by atoms with Crippen LogP contribution in [-0.2, 0) is 18.3 Å². The van der Waals surface area contributed by atoms with Crippen LogP contribution >= 0.6 is 0 Å². The summed E-state index contributed by atoms with van der Waals surface area (Å²) in [5.74, 6) is 0.563. The van der Waals surface area contributed by atoms with Gasteiger partial charge in [-0.05, 0) is 48.9 Å². The standard InChI is InChI=1S/C28H38N6O/c1-5-8-24(9-6-2)31-26-13-15-33(20(3)35)19-25(26)28(29)34-14-7-10-22-16-21(11-12-27(22)34)23-17-30-32(4)18-23/h5,11-12,16-18,24,29,31H,1,6-10,13-15,19H2,2-4H3. The van der Waals surface area contributed by atoms with Gasteiger partial charge in [0.25, 0.3) is 0 Å². The second-order valence-electron chi connectivity index (χ2n) is 9.65. The van der Waals surface area contributed by atoms with Crippen molar-refractivity contribution in [1.29, 1.82) is 5.41 Å². The van der Waals surface area contributed by atoms with Crippen molar-refractivity contribution in [2.24, 2.45) is 7.05 Å². The van der Waals surface area contributed by atoms with Gasteiger partial charge in [-0.25, -0.2) is 0 Å². The smallest absolute Gasteiger partial charge is 0.219 e. The summed E-state index contributed by atoms with van der Waals surface area (Å²) in [5.41, 5.74) is 6.64. The van der Waals surface area contributed by atoms with E-state index in [4.69, 9.17) is 0 Å². The number of carbonyl (C=O) groups excluding carboxylic acids is 1. The van der Waals surface area contributed by atoms with Gasteiger partial charge in [0.15, 0.2) is 0 Å². The van der Waals surface area contributed by atoms with Crippen LogP contribution in [0.3, 0.4) is 0 Å². The number of nitrogens with one attached hydrogen (secondary N) is 2. The van der Waals surface area contributed by atoms with E-state index in [0.717, 1.165) is 73.2 Å². The van der Waals surface area contributed by atoms with Crippen molar-refractivity contribution in [3.05, 3.63) is 60.1 Å². The number of fused-ring (bicyclic) bond motifs is 1. The van der Waals surface area contributed by atoms with Gasteiger partial charge in [0.1, 0.15) is 5.84 Å². The minimum Gasteiger partial charge on any atom is -0.385 e. The molecule has 0 aliphatic carbocycles. The molecular formula is C28H38N6O. The van der Waals surface area contributed by atoms with Crippen molar-refractivity contribution in [2.75, 3.05) is 24.5 Å². The van der Waals surface area contributed by atoms with Crippen LogP contribution in [0.5, 0.6) is 0 Å². The van der Waals surface area contributed by atoms with E-state index >= 15 is 0 Å². The van der Waals surface area contributed by atoms with Gasteiger partial charge in [-0.15, -0.1) is 6.58 Å². The lowest BCUT2D eigenvalue weighted by Crippen LogP contribution is -2.46. The van der Waals surface area contributed by atoms with Crippen LogP contribution in [0.2, 0.25) is 0 Å². The predicted molar refractivity (Wildman–Crippen MR) is 143 cm³/mol. The molecule has 186 valence electrons. The Morgan fingerprint density at radius 2 is 2.11 bits per heavy atom. The second kappa shape index (κ2) is 10.9. The Morgan fingerprint density at radius 1 is 1.29 bits per heavy atom. The lowest BCUT2D eigenvalue weighted by Gasteiger charge is -2.37. The lowest BCUT2D eigenvalue weighted by molar-refractivity contribution is -0.128. The zero-order chi connectivity index (χ0) is 24.9. The average molecular weight is 475 g/mol. The molecule has 0 saturated heterocycles. The topological polar surface area (TPSA) is 77.2 Å². The van der Waals surface area contributed by atoms with Crippen LogP contribution in [0.1, 0.15) is 51.5 Å². The Hall–Kier alpha value is -3.35. The molecule has 1 unspecified atom stereocenters. The Balaban J connectivity index is 1.66. The van der Waals surface area contributed by atoms with Gasteiger partial charge in [0.2, 0.25) is 5.91 Å². The van der Waals surface area contributed by atoms with Crippen LogP contribution < -0.4 is 10.2 Å². The summed E-state index contributed by atoms with van der Waals surface area (Å²) >= 11 is 0. The Bertz CT molecular complexity index is 1130. The first-order chi connectivity index (χ1) is 16.9. The van der Waals surface area contributed by atoms with Crippen molar-refractivity contribution in [3.63, 3.8) is 0 Å². The molecule has 7 nitrogen and oxygen atoms in total. The Morgan fingerprint density at radius 3 is 2.80 bits per heavy atom. The Kier molecular flexibility index (Phi) is 7.73. The highest BCUT2D eigenvalue weighted by Gasteiger charge is 2.29. The van der Waals surface area contributed by atoms with E-state index in [1.54, 1.807) is 6.92 Å². The molecule has 35 heavy (non-hydrogen) atoms. The molecule has 0 saturated carbocycles. The fourth-order valence-electron chi connectivity index (χ4n) is 5.20. The summed E-state index contributed by atoms with van der Waals surface area (Å²) in [4.78, 5) is 16.2. The highest BCUT2D eigenvalue weighted by atomic mass is 16.2. The third-order valence-corrected chi connectivity index (χ3v) is 7.05. The predicted octanol–water partition coefficient (Wildman–Crippen LogP) is 4.66. The monoisotopic (exact) mass is 474 g/mol. The normalized spacial score (nSPS) is 16.7. The van der Waals surface area contributed by atoms with Gasteiger partial charge in [-0.3, -0.25) is 14.9 Å². The number of hydrogen-bond acceptors (Lipinski definition) is 4. The SMILES string of the molecule is C=CCC(CCC)NC1=C(C(=N)N2CCCc3cc(-c4cnn(C)c4)ccc32)CN(C(C)=O)CC1. The van der Waals surface area contributed by atoms with Crippen molar-refractivity contribution >= 4 is 17.4 Å². The molecule has 1 aromatic carbocycles. The average Bonchev–Trinajstić information content (AvgIpc) is 3.29. The highest BCUT2D eigenvalue weighted by molar-refractivity contribution is 6.09. The van der Waals surface area contributed by atoms with Crippen LogP contribution in [-0.4, -0.2) is 52.1 Å². The van der Waals surface area contributed by atoms with E-state index in [0.29, 0.717) is 25.0 Å². The zero-order valence-corrected chi connectivity index (χ0v) is 21.3. The minimum absolute atomic E-state index is 0.0608. The van der Waals surface area contributed by atoms with Gasteiger partial charge >= 0.3 is 0 Å². The maximum Gasteiger partial charge on any atom is 0.219 e. The second-order valence-corrected chi connectivity index (χ2v) is 9.65. The summed E-state index contributed by atoms with van der Waals surface area (Å²) in [6.07, 6.45) is 11.6. The molecule has 0 radical (unpaired) electrons. The van der Waals surface area contributed by atoms with E-state index < -0.39 is 0 Å². The van der Waals surface area contributed by atoms with Crippen molar-refractivity contribution in [3.8, 4) is 11.1 Å². The number of benzene rings is 1. The number of rotatable bonds is 8. The number of carbonyl (C=O) groups is 1. The number of aromatic nitrogens is 2. The molecule has 2 aliphatic rings. The number of anilines is 1. The third-order valence-electron chi connectivity index (χ3n) is 7.05. The summed E-state index contributed by atoms with van der Waals surface area (Å²) in [5, 5.41) is 17.3. The number of amidine groups is 1. The molecule has 3 heterocycles. The Labute approximate surface area is 209 Å². The summed E-state index contributed by atoms with van der Waals surface area (Å²) < 4.78 is 1.82.